The van der Waals surface area contributed by atoms with Crippen molar-refractivity contribution >= 4 is 0 Å². The van der Waals surface area contributed by atoms with E-state index < -0.39 is 0 Å². The second-order valence-corrected chi connectivity index (χ2v) is 4.95. The van der Waals surface area contributed by atoms with Gasteiger partial charge in [-0.3, -0.25) is 4.84 Å². The maximum Gasteiger partial charge on any atom is 0.0726 e. The summed E-state index contributed by atoms with van der Waals surface area (Å²) in [5.74, 6) is 0.745. The zero-order valence-electron chi connectivity index (χ0n) is 9.98. The summed E-state index contributed by atoms with van der Waals surface area (Å²) in [4.78, 5) is 10.6. The van der Waals surface area contributed by atoms with Crippen molar-refractivity contribution in [3.05, 3.63) is 0 Å². The molecule has 0 N–H and O–H groups in total. The predicted octanol–water partition coefficient (Wildman–Crippen LogP) is 0.117. The summed E-state index contributed by atoms with van der Waals surface area (Å²) in [6.07, 6.45) is 1.30. The maximum absolute atomic E-state index is 5.84. The van der Waals surface area contributed by atoms with Crippen LogP contribution >= 0.6 is 0 Å². The Morgan fingerprint density at radius 1 is 1.00 bits per heavy atom. The van der Waals surface area contributed by atoms with Gasteiger partial charge in [-0.15, -0.1) is 0 Å². The number of hydrogen-bond acceptors (Lipinski definition) is 4. The van der Waals surface area contributed by atoms with Crippen molar-refractivity contribution in [1.82, 2.24) is 14.9 Å². The van der Waals surface area contributed by atoms with Crippen LogP contribution in [0.15, 0.2) is 0 Å². The zero-order valence-corrected chi connectivity index (χ0v) is 9.98. The van der Waals surface area contributed by atoms with E-state index in [4.69, 9.17) is 4.84 Å². The van der Waals surface area contributed by atoms with Crippen molar-refractivity contribution in [2.45, 2.75) is 6.42 Å². The molecule has 2 rings (SSSR count). The Hall–Kier alpha value is -0.160. The number of likely N-dealkylation sites (N-methyl/N-ethyl adjacent to an activating group) is 1. The minimum absolute atomic E-state index is 0.745. The summed E-state index contributed by atoms with van der Waals surface area (Å²) in [6, 6.07) is 0. The fourth-order valence-corrected chi connectivity index (χ4v) is 2.29. The molecule has 2 heterocycles. The average molecular weight is 213 g/mol. The first kappa shape index (κ1) is 11.3. The zero-order chi connectivity index (χ0) is 10.7. The summed E-state index contributed by atoms with van der Waals surface area (Å²) in [6.45, 7) is 7.71. The molecular weight excluding hydrogens is 190 g/mol. The Labute approximate surface area is 92.7 Å². The maximum atomic E-state index is 5.84. The van der Waals surface area contributed by atoms with E-state index in [-0.39, 0.29) is 0 Å². The summed E-state index contributed by atoms with van der Waals surface area (Å²) < 4.78 is 0. The standard InChI is InChI=1S/C11H23N3O/c1-12-5-7-14(8-6-12)15-10-11-3-4-13(2)9-11/h11H,3-10H2,1-2H3. The molecule has 2 aliphatic rings. The second-order valence-electron chi connectivity index (χ2n) is 4.95. The molecule has 0 radical (unpaired) electrons. The molecule has 0 aromatic rings. The van der Waals surface area contributed by atoms with Crippen LogP contribution in [0.1, 0.15) is 6.42 Å². The third-order valence-electron chi connectivity index (χ3n) is 3.44. The largest absolute Gasteiger partial charge is 0.306 e. The normalized spacial score (nSPS) is 31.2. The van der Waals surface area contributed by atoms with Crippen LogP contribution in [0.2, 0.25) is 0 Å². The van der Waals surface area contributed by atoms with Gasteiger partial charge in [0.2, 0.25) is 0 Å². The number of piperazine rings is 1. The second kappa shape index (κ2) is 5.25. The number of nitrogens with zero attached hydrogens (tertiary/aromatic N) is 3. The fraction of sp³-hybridized carbons (Fsp3) is 1.00. The quantitative estimate of drug-likeness (QED) is 0.662. The summed E-state index contributed by atoms with van der Waals surface area (Å²) >= 11 is 0. The molecule has 0 spiro atoms. The molecule has 4 nitrogen and oxygen atoms in total. The highest BCUT2D eigenvalue weighted by atomic mass is 16.7. The van der Waals surface area contributed by atoms with Gasteiger partial charge in [0, 0.05) is 32.7 Å². The van der Waals surface area contributed by atoms with Crippen molar-refractivity contribution in [3.63, 3.8) is 0 Å². The lowest BCUT2D eigenvalue weighted by Gasteiger charge is -2.32. The van der Waals surface area contributed by atoms with Gasteiger partial charge in [0.25, 0.3) is 0 Å². The minimum Gasteiger partial charge on any atom is -0.306 e. The average Bonchev–Trinajstić information content (AvgIpc) is 2.64. The first-order valence-electron chi connectivity index (χ1n) is 5.99. The lowest BCUT2D eigenvalue weighted by atomic mass is 10.1. The molecule has 0 aromatic heterocycles. The Kier molecular flexibility index (Phi) is 3.97. The Bertz CT molecular complexity index is 192. The molecule has 0 saturated carbocycles. The van der Waals surface area contributed by atoms with Gasteiger partial charge in [0.1, 0.15) is 0 Å². The van der Waals surface area contributed by atoms with Gasteiger partial charge < -0.3 is 9.80 Å². The van der Waals surface area contributed by atoms with Gasteiger partial charge in [-0.05, 0) is 33.0 Å². The third kappa shape index (κ3) is 3.41. The van der Waals surface area contributed by atoms with E-state index in [1.54, 1.807) is 0 Å². The van der Waals surface area contributed by atoms with Crippen molar-refractivity contribution < 1.29 is 4.84 Å². The monoisotopic (exact) mass is 213 g/mol. The molecule has 0 bridgehead atoms. The molecule has 88 valence electrons. The smallest absolute Gasteiger partial charge is 0.0726 e. The van der Waals surface area contributed by atoms with Crippen LogP contribution in [0.5, 0.6) is 0 Å². The summed E-state index contributed by atoms with van der Waals surface area (Å²) in [5.41, 5.74) is 0. The molecule has 15 heavy (non-hydrogen) atoms. The van der Waals surface area contributed by atoms with Gasteiger partial charge >= 0.3 is 0 Å². The molecule has 0 amide bonds. The van der Waals surface area contributed by atoms with Crippen LogP contribution < -0.4 is 0 Å². The molecule has 1 atom stereocenters. The lowest BCUT2D eigenvalue weighted by molar-refractivity contribution is -0.183. The summed E-state index contributed by atoms with van der Waals surface area (Å²) in [7, 11) is 4.36. The first-order chi connectivity index (χ1) is 7.24. The molecule has 1 unspecified atom stereocenters. The van der Waals surface area contributed by atoms with Crippen LogP contribution in [-0.4, -0.2) is 74.8 Å². The van der Waals surface area contributed by atoms with E-state index >= 15 is 0 Å². The first-order valence-corrected chi connectivity index (χ1v) is 5.99. The predicted molar refractivity (Wildman–Crippen MR) is 60.6 cm³/mol. The van der Waals surface area contributed by atoms with Gasteiger partial charge in [-0.2, -0.15) is 5.06 Å². The van der Waals surface area contributed by atoms with E-state index in [1.807, 2.05) is 0 Å². The van der Waals surface area contributed by atoms with Crippen molar-refractivity contribution in [2.75, 3.05) is 60.0 Å². The van der Waals surface area contributed by atoms with E-state index in [9.17, 15) is 0 Å². The minimum atomic E-state index is 0.745. The Balaban J connectivity index is 1.61. The molecule has 4 heteroatoms. The van der Waals surface area contributed by atoms with Gasteiger partial charge in [0.05, 0.1) is 6.61 Å². The Morgan fingerprint density at radius 2 is 1.73 bits per heavy atom. The van der Waals surface area contributed by atoms with Crippen LogP contribution in [-0.2, 0) is 4.84 Å². The van der Waals surface area contributed by atoms with Crippen LogP contribution in [0, 0.1) is 5.92 Å². The lowest BCUT2D eigenvalue weighted by Crippen LogP contribution is -2.44. The third-order valence-corrected chi connectivity index (χ3v) is 3.44. The highest BCUT2D eigenvalue weighted by Gasteiger charge is 2.21. The molecule has 2 saturated heterocycles. The van der Waals surface area contributed by atoms with Crippen LogP contribution in [0.4, 0.5) is 0 Å². The molecule has 0 aliphatic carbocycles. The SMILES string of the molecule is CN1CCN(OCC2CCN(C)C2)CC1. The van der Waals surface area contributed by atoms with E-state index in [1.165, 1.54) is 19.5 Å². The molecule has 2 aliphatic heterocycles. The van der Waals surface area contributed by atoms with Crippen molar-refractivity contribution in [3.8, 4) is 0 Å². The number of hydroxylamine groups is 2. The number of likely N-dealkylation sites (tertiary alicyclic amines) is 1. The fourth-order valence-electron chi connectivity index (χ4n) is 2.29. The topological polar surface area (TPSA) is 19.0 Å². The summed E-state index contributed by atoms with van der Waals surface area (Å²) in [5, 5.41) is 2.14. The Morgan fingerprint density at radius 3 is 2.33 bits per heavy atom. The highest BCUT2D eigenvalue weighted by molar-refractivity contribution is 4.72. The van der Waals surface area contributed by atoms with Crippen LogP contribution in [0.25, 0.3) is 0 Å². The number of hydrogen-bond donors (Lipinski definition) is 0. The molecule has 0 aromatic carbocycles. The van der Waals surface area contributed by atoms with Crippen LogP contribution in [0.3, 0.4) is 0 Å². The highest BCUT2D eigenvalue weighted by Crippen LogP contribution is 2.15. The van der Waals surface area contributed by atoms with E-state index in [0.717, 1.165) is 38.7 Å². The van der Waals surface area contributed by atoms with E-state index in [0.29, 0.717) is 0 Å². The van der Waals surface area contributed by atoms with Crippen molar-refractivity contribution in [1.29, 1.82) is 0 Å². The van der Waals surface area contributed by atoms with E-state index in [2.05, 4.69) is 29.0 Å². The molecule has 2 fully saturated rings. The molecular formula is C11H23N3O. The number of rotatable bonds is 3. The van der Waals surface area contributed by atoms with Gasteiger partial charge in [0.15, 0.2) is 0 Å². The van der Waals surface area contributed by atoms with Crippen molar-refractivity contribution in [2.24, 2.45) is 5.92 Å². The van der Waals surface area contributed by atoms with Gasteiger partial charge in [-0.25, -0.2) is 0 Å². The van der Waals surface area contributed by atoms with Gasteiger partial charge in [-0.1, -0.05) is 0 Å².